The van der Waals surface area contributed by atoms with Crippen molar-refractivity contribution in [3.63, 3.8) is 0 Å². The lowest BCUT2D eigenvalue weighted by Crippen LogP contribution is -2.10. The first-order valence-electron chi connectivity index (χ1n) is 6.07. The second kappa shape index (κ2) is 3.59. The van der Waals surface area contributed by atoms with E-state index in [1.165, 1.54) is 11.1 Å². The van der Waals surface area contributed by atoms with Crippen LogP contribution in [-0.2, 0) is 13.0 Å². The molecule has 0 saturated heterocycles. The van der Waals surface area contributed by atoms with Crippen molar-refractivity contribution in [2.24, 2.45) is 0 Å². The van der Waals surface area contributed by atoms with E-state index >= 15 is 0 Å². The summed E-state index contributed by atoms with van der Waals surface area (Å²) in [5, 5.41) is 0.768. The Hall–Kier alpha value is -1.80. The molecule has 0 bridgehead atoms. The van der Waals surface area contributed by atoms with Gasteiger partial charge in [-0.05, 0) is 30.2 Å². The van der Waals surface area contributed by atoms with Gasteiger partial charge in [-0.3, -0.25) is 0 Å². The summed E-state index contributed by atoms with van der Waals surface area (Å²) in [5.41, 5.74) is 4.78. The zero-order valence-electron chi connectivity index (χ0n) is 9.73. The van der Waals surface area contributed by atoms with Gasteiger partial charge in [0, 0.05) is 17.1 Å². The van der Waals surface area contributed by atoms with Crippen molar-refractivity contribution in [1.82, 2.24) is 9.55 Å². The summed E-state index contributed by atoms with van der Waals surface area (Å²) in [7, 11) is 0. The van der Waals surface area contributed by atoms with Crippen LogP contribution in [0.2, 0.25) is 5.02 Å². The summed E-state index contributed by atoms with van der Waals surface area (Å²) >= 11 is 6.08. The largest absolute Gasteiger partial charge is 0.324 e. The fourth-order valence-electron chi connectivity index (χ4n) is 2.72. The van der Waals surface area contributed by atoms with Gasteiger partial charge in [-0.1, -0.05) is 35.9 Å². The van der Waals surface area contributed by atoms with E-state index in [-0.39, 0.29) is 0 Å². The van der Waals surface area contributed by atoms with Gasteiger partial charge in [0.05, 0.1) is 11.0 Å². The quantitative estimate of drug-likeness (QED) is 0.595. The molecule has 1 aromatic heterocycles. The molecule has 0 amide bonds. The summed E-state index contributed by atoms with van der Waals surface area (Å²) in [5.74, 6) is 1.06. The number of rotatable bonds is 0. The van der Waals surface area contributed by atoms with Gasteiger partial charge in [0.1, 0.15) is 5.82 Å². The molecule has 0 fully saturated rings. The number of imidazole rings is 1. The minimum absolute atomic E-state index is 0.768. The van der Waals surface area contributed by atoms with Gasteiger partial charge in [0.15, 0.2) is 0 Å². The third kappa shape index (κ3) is 1.33. The van der Waals surface area contributed by atoms with Crippen molar-refractivity contribution in [3.05, 3.63) is 53.1 Å². The zero-order valence-corrected chi connectivity index (χ0v) is 10.5. The van der Waals surface area contributed by atoms with E-state index < -0.39 is 0 Å². The Bertz CT molecular complexity index is 758. The maximum Gasteiger partial charge on any atom is 0.141 e. The summed E-state index contributed by atoms with van der Waals surface area (Å²) < 4.78 is 2.27. The van der Waals surface area contributed by atoms with Crippen LogP contribution in [0.15, 0.2) is 42.5 Å². The Balaban J connectivity index is 2.08. The average molecular weight is 255 g/mol. The molecule has 88 valence electrons. The highest BCUT2D eigenvalue weighted by atomic mass is 35.5. The molecule has 3 aromatic rings. The molecule has 2 heterocycles. The Morgan fingerprint density at radius 2 is 2.00 bits per heavy atom. The topological polar surface area (TPSA) is 17.8 Å². The van der Waals surface area contributed by atoms with Crippen LogP contribution in [0.5, 0.6) is 0 Å². The van der Waals surface area contributed by atoms with Crippen LogP contribution in [0, 0.1) is 0 Å². The lowest BCUT2D eigenvalue weighted by Gasteiger charge is -2.18. The van der Waals surface area contributed by atoms with Crippen molar-refractivity contribution in [3.8, 4) is 11.4 Å². The number of nitrogens with zero attached hydrogens (tertiary/aromatic N) is 2. The highest BCUT2D eigenvalue weighted by Crippen LogP contribution is 2.32. The summed E-state index contributed by atoms with van der Waals surface area (Å²) in [6.07, 6.45) is 1.06. The second-order valence-corrected chi connectivity index (χ2v) is 5.06. The van der Waals surface area contributed by atoms with Gasteiger partial charge in [-0.25, -0.2) is 4.98 Å². The van der Waals surface area contributed by atoms with Crippen LogP contribution in [0.3, 0.4) is 0 Å². The third-order valence-corrected chi connectivity index (χ3v) is 3.81. The first-order valence-corrected chi connectivity index (χ1v) is 6.45. The number of fused-ring (bicyclic) bond motifs is 5. The van der Waals surface area contributed by atoms with E-state index in [1.807, 2.05) is 18.2 Å². The van der Waals surface area contributed by atoms with Crippen LogP contribution >= 0.6 is 11.6 Å². The standard InChI is InChI=1S/C15H11ClN2/c16-11-5-6-13-14(9-11)18-8-7-10-3-1-2-4-12(10)15(18)17-13/h1-6,9H,7-8H2. The molecule has 2 nitrogen and oxygen atoms in total. The van der Waals surface area contributed by atoms with Crippen molar-refractivity contribution < 1.29 is 0 Å². The zero-order chi connectivity index (χ0) is 12.1. The van der Waals surface area contributed by atoms with Crippen molar-refractivity contribution >= 4 is 22.6 Å². The predicted octanol–water partition coefficient (Wildman–Crippen LogP) is 3.91. The Morgan fingerprint density at radius 1 is 1.11 bits per heavy atom. The lowest BCUT2D eigenvalue weighted by molar-refractivity contribution is 0.702. The maximum absolute atomic E-state index is 6.08. The molecule has 1 aliphatic rings. The van der Waals surface area contributed by atoms with E-state index in [1.54, 1.807) is 0 Å². The van der Waals surface area contributed by atoms with Gasteiger partial charge in [-0.2, -0.15) is 0 Å². The molecule has 4 rings (SSSR count). The molecule has 3 heteroatoms. The van der Waals surface area contributed by atoms with E-state index in [9.17, 15) is 0 Å². The summed E-state index contributed by atoms with van der Waals surface area (Å²) in [6, 6.07) is 14.4. The first-order chi connectivity index (χ1) is 8.83. The smallest absolute Gasteiger partial charge is 0.141 e. The van der Waals surface area contributed by atoms with E-state index in [0.29, 0.717) is 0 Å². The minimum Gasteiger partial charge on any atom is -0.324 e. The van der Waals surface area contributed by atoms with Crippen LogP contribution in [0.1, 0.15) is 5.56 Å². The maximum atomic E-state index is 6.08. The second-order valence-electron chi connectivity index (χ2n) is 4.63. The normalized spacial score (nSPS) is 13.4. The molecule has 0 unspecified atom stereocenters. The average Bonchev–Trinajstić information content (AvgIpc) is 2.77. The van der Waals surface area contributed by atoms with Crippen LogP contribution < -0.4 is 0 Å². The predicted molar refractivity (Wildman–Crippen MR) is 73.9 cm³/mol. The SMILES string of the molecule is Clc1ccc2nc3n(c2c1)CCc1ccccc1-3. The molecule has 0 aliphatic carbocycles. The van der Waals surface area contributed by atoms with Crippen LogP contribution in [-0.4, -0.2) is 9.55 Å². The fraction of sp³-hybridized carbons (Fsp3) is 0.133. The van der Waals surface area contributed by atoms with Gasteiger partial charge < -0.3 is 4.57 Å². The van der Waals surface area contributed by atoms with Gasteiger partial charge in [0.25, 0.3) is 0 Å². The molecule has 0 spiro atoms. The molecule has 0 radical (unpaired) electrons. The molecular weight excluding hydrogens is 244 g/mol. The Morgan fingerprint density at radius 3 is 2.94 bits per heavy atom. The van der Waals surface area contributed by atoms with E-state index in [4.69, 9.17) is 16.6 Å². The van der Waals surface area contributed by atoms with Crippen molar-refractivity contribution in [1.29, 1.82) is 0 Å². The minimum atomic E-state index is 0.768. The molecule has 0 atom stereocenters. The third-order valence-electron chi connectivity index (χ3n) is 3.57. The molecule has 2 aromatic carbocycles. The lowest BCUT2D eigenvalue weighted by atomic mass is 10.0. The number of hydrogen-bond acceptors (Lipinski definition) is 1. The van der Waals surface area contributed by atoms with E-state index in [2.05, 4.69) is 28.8 Å². The van der Waals surface area contributed by atoms with Gasteiger partial charge in [-0.15, -0.1) is 0 Å². The Kier molecular flexibility index (Phi) is 2.03. The number of aryl methyl sites for hydroxylation is 2. The number of halogens is 1. The molecule has 18 heavy (non-hydrogen) atoms. The monoisotopic (exact) mass is 254 g/mol. The molecule has 0 N–H and O–H groups in total. The van der Waals surface area contributed by atoms with Gasteiger partial charge >= 0.3 is 0 Å². The molecular formula is C15H11ClN2. The Labute approximate surface area is 110 Å². The highest BCUT2D eigenvalue weighted by Gasteiger charge is 2.19. The van der Waals surface area contributed by atoms with Crippen molar-refractivity contribution in [2.75, 3.05) is 0 Å². The van der Waals surface area contributed by atoms with E-state index in [0.717, 1.165) is 34.8 Å². The summed E-state index contributed by atoms with van der Waals surface area (Å²) in [6.45, 7) is 0.975. The van der Waals surface area contributed by atoms with Crippen LogP contribution in [0.25, 0.3) is 22.4 Å². The van der Waals surface area contributed by atoms with Crippen molar-refractivity contribution in [2.45, 2.75) is 13.0 Å². The van der Waals surface area contributed by atoms with Gasteiger partial charge in [0.2, 0.25) is 0 Å². The highest BCUT2D eigenvalue weighted by molar-refractivity contribution is 6.31. The number of hydrogen-bond donors (Lipinski definition) is 0. The fourth-order valence-corrected chi connectivity index (χ4v) is 2.88. The number of benzene rings is 2. The number of aromatic nitrogens is 2. The molecule has 1 aliphatic heterocycles. The summed E-state index contributed by atoms with van der Waals surface area (Å²) in [4.78, 5) is 4.74. The van der Waals surface area contributed by atoms with Crippen LogP contribution in [0.4, 0.5) is 0 Å². The molecule has 0 saturated carbocycles. The first kappa shape index (κ1) is 10.2.